The Bertz CT molecular complexity index is 888. The number of halogens is 1. The summed E-state index contributed by atoms with van der Waals surface area (Å²) in [6.45, 7) is 9.81. The number of aliphatic hydroxyl groups is 1. The molecule has 2 fully saturated rings. The van der Waals surface area contributed by atoms with Gasteiger partial charge in [0.15, 0.2) is 5.96 Å². The minimum absolute atomic E-state index is 0. The summed E-state index contributed by atoms with van der Waals surface area (Å²) in [5.74, 6) is 0.977. The number of aryl methyl sites for hydroxylation is 1. The minimum Gasteiger partial charge on any atom is -0.393 e. The second-order valence-electron chi connectivity index (χ2n) is 9.04. The molecule has 2 saturated heterocycles. The van der Waals surface area contributed by atoms with Gasteiger partial charge in [-0.1, -0.05) is 36.4 Å². The summed E-state index contributed by atoms with van der Waals surface area (Å²) in [6, 6.07) is 17.6. The van der Waals surface area contributed by atoms with Crippen molar-refractivity contribution in [2.75, 3.05) is 51.2 Å². The molecule has 2 aromatic carbocycles. The Balaban J connectivity index is 0.00000306. The van der Waals surface area contributed by atoms with Crippen molar-refractivity contribution in [3.63, 3.8) is 0 Å². The highest BCUT2D eigenvalue weighted by Crippen LogP contribution is 2.18. The summed E-state index contributed by atoms with van der Waals surface area (Å²) < 4.78 is 0. The fourth-order valence-electron chi connectivity index (χ4n) is 4.61. The van der Waals surface area contributed by atoms with E-state index in [1.54, 1.807) is 0 Å². The number of piperazine rings is 1. The predicted molar refractivity (Wildman–Crippen MR) is 148 cm³/mol. The molecule has 2 aromatic rings. The summed E-state index contributed by atoms with van der Waals surface area (Å²) in [7, 11) is 1.87. The molecule has 180 valence electrons. The van der Waals surface area contributed by atoms with Crippen molar-refractivity contribution in [1.29, 1.82) is 0 Å². The molecule has 0 unspecified atom stereocenters. The van der Waals surface area contributed by atoms with Gasteiger partial charge in [-0.3, -0.25) is 9.89 Å². The molecule has 6 nitrogen and oxygen atoms in total. The first-order valence-corrected chi connectivity index (χ1v) is 11.9. The third-order valence-electron chi connectivity index (χ3n) is 6.59. The van der Waals surface area contributed by atoms with Crippen LogP contribution in [0.15, 0.2) is 53.5 Å². The van der Waals surface area contributed by atoms with Crippen LogP contribution in [0.5, 0.6) is 0 Å². The van der Waals surface area contributed by atoms with Gasteiger partial charge in [-0.15, -0.1) is 24.0 Å². The van der Waals surface area contributed by atoms with Crippen LogP contribution in [0, 0.1) is 6.92 Å². The molecule has 0 aromatic heterocycles. The van der Waals surface area contributed by atoms with Gasteiger partial charge in [0, 0.05) is 65.1 Å². The molecule has 0 aliphatic carbocycles. The molecule has 2 N–H and O–H groups in total. The second-order valence-corrected chi connectivity index (χ2v) is 9.04. The van der Waals surface area contributed by atoms with Crippen LogP contribution >= 0.6 is 24.0 Å². The first-order chi connectivity index (χ1) is 15.6. The topological polar surface area (TPSA) is 54.3 Å². The van der Waals surface area contributed by atoms with E-state index >= 15 is 0 Å². The molecule has 0 saturated carbocycles. The van der Waals surface area contributed by atoms with Crippen molar-refractivity contribution in [2.45, 2.75) is 39.0 Å². The molecule has 4 rings (SSSR count). The third kappa shape index (κ3) is 7.32. The number of piperidine rings is 1. The summed E-state index contributed by atoms with van der Waals surface area (Å²) >= 11 is 0. The molecule has 0 amide bonds. The lowest BCUT2D eigenvalue weighted by molar-refractivity contribution is 0.0792. The normalized spacial score (nSPS) is 18.2. The van der Waals surface area contributed by atoms with E-state index in [0.717, 1.165) is 71.2 Å². The van der Waals surface area contributed by atoms with Crippen molar-refractivity contribution in [3.05, 3.63) is 65.2 Å². The smallest absolute Gasteiger partial charge is 0.194 e. The van der Waals surface area contributed by atoms with Crippen molar-refractivity contribution >= 4 is 35.6 Å². The molecule has 2 heterocycles. The van der Waals surface area contributed by atoms with E-state index in [9.17, 15) is 5.11 Å². The summed E-state index contributed by atoms with van der Waals surface area (Å²) in [4.78, 5) is 11.8. The zero-order chi connectivity index (χ0) is 22.3. The number of rotatable bonds is 5. The fraction of sp³-hybridized carbons (Fsp3) is 0.500. The Kier molecular flexibility index (Phi) is 9.82. The first kappa shape index (κ1) is 25.8. The number of nitrogens with one attached hydrogen (secondary N) is 1. The van der Waals surface area contributed by atoms with Crippen LogP contribution in [0.4, 0.5) is 5.69 Å². The third-order valence-corrected chi connectivity index (χ3v) is 6.59. The maximum absolute atomic E-state index is 9.67. The number of nitrogens with zero attached hydrogens (tertiary/aromatic N) is 4. The van der Waals surface area contributed by atoms with Crippen LogP contribution in [0.3, 0.4) is 0 Å². The molecule has 7 heteroatoms. The van der Waals surface area contributed by atoms with Gasteiger partial charge in [-0.05, 0) is 48.6 Å². The van der Waals surface area contributed by atoms with E-state index in [2.05, 4.69) is 80.5 Å². The zero-order valence-corrected chi connectivity index (χ0v) is 22.2. The quantitative estimate of drug-likeness (QED) is 0.332. The zero-order valence-electron chi connectivity index (χ0n) is 19.9. The van der Waals surface area contributed by atoms with Gasteiger partial charge in [0.25, 0.3) is 0 Å². The van der Waals surface area contributed by atoms with E-state index in [1.165, 1.54) is 22.4 Å². The van der Waals surface area contributed by atoms with Crippen LogP contribution in [0.2, 0.25) is 0 Å². The number of likely N-dealkylation sites (tertiary alicyclic amines) is 1. The highest BCUT2D eigenvalue weighted by molar-refractivity contribution is 14.0. The predicted octanol–water partition coefficient (Wildman–Crippen LogP) is 3.47. The highest BCUT2D eigenvalue weighted by Gasteiger charge is 2.20. The van der Waals surface area contributed by atoms with Gasteiger partial charge < -0.3 is 20.2 Å². The van der Waals surface area contributed by atoms with E-state index in [-0.39, 0.29) is 30.1 Å². The van der Waals surface area contributed by atoms with Gasteiger partial charge in [-0.2, -0.15) is 0 Å². The van der Waals surface area contributed by atoms with Gasteiger partial charge in [0.2, 0.25) is 0 Å². The lowest BCUT2D eigenvalue weighted by atomic mass is 10.1. The molecule has 0 spiro atoms. The van der Waals surface area contributed by atoms with Gasteiger partial charge in [0.05, 0.1) is 6.10 Å². The molecule has 33 heavy (non-hydrogen) atoms. The van der Waals surface area contributed by atoms with Gasteiger partial charge in [-0.25, -0.2) is 0 Å². The van der Waals surface area contributed by atoms with Crippen molar-refractivity contribution in [3.8, 4) is 0 Å². The molecule has 0 bridgehead atoms. The van der Waals surface area contributed by atoms with Crippen molar-refractivity contribution in [2.24, 2.45) is 4.99 Å². The van der Waals surface area contributed by atoms with Crippen LogP contribution in [-0.4, -0.2) is 73.3 Å². The molecule has 0 radical (unpaired) electrons. The average molecular weight is 564 g/mol. The maximum atomic E-state index is 9.67. The molecular formula is C26H38IN5O. The number of aliphatic hydroxyl groups excluding tert-OH is 1. The fourth-order valence-corrected chi connectivity index (χ4v) is 4.61. The Morgan fingerprint density at radius 1 is 0.970 bits per heavy atom. The average Bonchev–Trinajstić information content (AvgIpc) is 2.82. The lowest BCUT2D eigenvalue weighted by Gasteiger charge is -2.37. The SMILES string of the molecule is CN=C(NCc1ccc(CN2CCC(O)CC2)cc1)N1CCN(c2cccc(C)c2)CC1.I. The van der Waals surface area contributed by atoms with Crippen LogP contribution < -0.4 is 10.2 Å². The summed E-state index contributed by atoms with van der Waals surface area (Å²) in [6.07, 6.45) is 1.67. The van der Waals surface area contributed by atoms with Crippen LogP contribution in [-0.2, 0) is 13.1 Å². The number of aliphatic imine (C=N–C) groups is 1. The summed E-state index contributed by atoms with van der Waals surface area (Å²) in [5.41, 5.74) is 5.22. The van der Waals surface area contributed by atoms with E-state index in [4.69, 9.17) is 0 Å². The Morgan fingerprint density at radius 3 is 2.27 bits per heavy atom. The maximum Gasteiger partial charge on any atom is 0.194 e. The van der Waals surface area contributed by atoms with Crippen LogP contribution in [0.25, 0.3) is 0 Å². The molecule has 0 atom stereocenters. The lowest BCUT2D eigenvalue weighted by Crippen LogP contribution is -2.52. The standard InChI is InChI=1S/C26H37N5O.HI/c1-21-4-3-5-24(18-21)30-14-16-31(17-15-30)26(27-2)28-19-22-6-8-23(9-7-22)20-29-12-10-25(32)11-13-29;/h3-9,18,25,32H,10-17,19-20H2,1-2H3,(H,27,28);1H. The number of hydrogen-bond donors (Lipinski definition) is 2. The molecule has 2 aliphatic heterocycles. The number of anilines is 1. The highest BCUT2D eigenvalue weighted by atomic mass is 127. The summed E-state index contributed by atoms with van der Waals surface area (Å²) in [5, 5.41) is 13.2. The largest absolute Gasteiger partial charge is 0.393 e. The van der Waals surface area contributed by atoms with Gasteiger partial charge >= 0.3 is 0 Å². The van der Waals surface area contributed by atoms with Crippen molar-refractivity contribution in [1.82, 2.24) is 15.1 Å². The van der Waals surface area contributed by atoms with Crippen molar-refractivity contribution < 1.29 is 5.11 Å². The monoisotopic (exact) mass is 563 g/mol. The van der Waals surface area contributed by atoms with E-state index in [0.29, 0.717) is 0 Å². The first-order valence-electron chi connectivity index (χ1n) is 11.9. The van der Waals surface area contributed by atoms with Gasteiger partial charge in [0.1, 0.15) is 0 Å². The molecule has 2 aliphatic rings. The van der Waals surface area contributed by atoms with Crippen LogP contribution in [0.1, 0.15) is 29.5 Å². The Hall–Kier alpha value is -1.84. The number of benzene rings is 2. The Labute approximate surface area is 215 Å². The Morgan fingerprint density at radius 2 is 1.64 bits per heavy atom. The van der Waals surface area contributed by atoms with E-state index < -0.39 is 0 Å². The van der Waals surface area contributed by atoms with E-state index in [1.807, 2.05) is 7.05 Å². The molecular weight excluding hydrogens is 525 g/mol. The number of guanidine groups is 1. The number of hydrogen-bond acceptors (Lipinski definition) is 4. The minimum atomic E-state index is -0.111. The second kappa shape index (κ2) is 12.6.